The molecule has 0 aliphatic heterocycles. The minimum absolute atomic E-state index is 0.264. The predicted molar refractivity (Wildman–Crippen MR) is 108 cm³/mol. The van der Waals surface area contributed by atoms with Crippen molar-refractivity contribution in [2.45, 2.75) is 39.5 Å². The van der Waals surface area contributed by atoms with Gasteiger partial charge in [-0.2, -0.15) is 0 Å². The smallest absolute Gasteiger partial charge is 0.161 e. The van der Waals surface area contributed by atoms with Crippen molar-refractivity contribution in [2.75, 3.05) is 27.4 Å². The number of aliphatic hydroxyl groups is 1. The van der Waals surface area contributed by atoms with E-state index in [1.807, 2.05) is 49.4 Å². The summed E-state index contributed by atoms with van der Waals surface area (Å²) < 4.78 is 16.5. The van der Waals surface area contributed by atoms with Crippen molar-refractivity contribution < 1.29 is 19.3 Å². The van der Waals surface area contributed by atoms with Crippen LogP contribution >= 0.6 is 0 Å². The van der Waals surface area contributed by atoms with Crippen LogP contribution in [0, 0.1) is 6.92 Å². The molecule has 2 aromatic rings. The fraction of sp³-hybridized carbons (Fsp3) is 0.455. The Kier molecular flexibility index (Phi) is 7.95. The Hall–Kier alpha value is -2.24. The standard InChI is InChI=1S/C22H31NO4/c1-16(2)23(13-18-10-11-21(25-4)22(12-18)26-5)14-19(24)15-27-20-9-7-6-8-17(20)3/h6-12,16,19,24H,13-15H2,1-5H3/t19-/m1/s1. The van der Waals surface area contributed by atoms with Gasteiger partial charge in [0.25, 0.3) is 0 Å². The lowest BCUT2D eigenvalue weighted by molar-refractivity contribution is 0.0541. The Morgan fingerprint density at radius 1 is 0.963 bits per heavy atom. The molecule has 0 saturated heterocycles. The second kappa shape index (κ2) is 10.2. The van der Waals surface area contributed by atoms with Gasteiger partial charge in [0.15, 0.2) is 11.5 Å². The van der Waals surface area contributed by atoms with Crippen molar-refractivity contribution in [3.05, 3.63) is 53.6 Å². The van der Waals surface area contributed by atoms with Gasteiger partial charge in [-0.15, -0.1) is 0 Å². The molecule has 5 heteroatoms. The summed E-state index contributed by atoms with van der Waals surface area (Å²) in [4.78, 5) is 2.22. The summed E-state index contributed by atoms with van der Waals surface area (Å²) in [6.07, 6.45) is -0.577. The molecule has 0 aliphatic rings. The zero-order chi connectivity index (χ0) is 19.8. The fourth-order valence-electron chi connectivity index (χ4n) is 2.90. The van der Waals surface area contributed by atoms with E-state index in [1.165, 1.54) is 0 Å². The molecule has 2 rings (SSSR count). The van der Waals surface area contributed by atoms with Crippen molar-refractivity contribution in [1.29, 1.82) is 0 Å². The van der Waals surface area contributed by atoms with E-state index in [-0.39, 0.29) is 12.6 Å². The largest absolute Gasteiger partial charge is 0.493 e. The number of aliphatic hydroxyl groups excluding tert-OH is 1. The average molecular weight is 373 g/mol. The van der Waals surface area contributed by atoms with Crippen LogP contribution in [-0.2, 0) is 6.54 Å². The molecule has 5 nitrogen and oxygen atoms in total. The maximum Gasteiger partial charge on any atom is 0.161 e. The highest BCUT2D eigenvalue weighted by molar-refractivity contribution is 5.42. The summed E-state index contributed by atoms with van der Waals surface area (Å²) in [5, 5.41) is 10.5. The van der Waals surface area contributed by atoms with E-state index >= 15 is 0 Å². The van der Waals surface area contributed by atoms with Gasteiger partial charge in [-0.05, 0) is 50.1 Å². The van der Waals surface area contributed by atoms with Gasteiger partial charge < -0.3 is 19.3 Å². The van der Waals surface area contributed by atoms with Crippen LogP contribution in [0.15, 0.2) is 42.5 Å². The van der Waals surface area contributed by atoms with E-state index in [0.717, 1.165) is 16.9 Å². The highest BCUT2D eigenvalue weighted by Gasteiger charge is 2.17. The Labute approximate surface area is 162 Å². The Morgan fingerprint density at radius 3 is 2.30 bits per heavy atom. The first-order chi connectivity index (χ1) is 12.9. The molecule has 1 atom stereocenters. The van der Waals surface area contributed by atoms with E-state index in [9.17, 15) is 5.11 Å². The third-order valence-corrected chi connectivity index (χ3v) is 4.53. The van der Waals surface area contributed by atoms with E-state index in [4.69, 9.17) is 14.2 Å². The Balaban J connectivity index is 1.97. The van der Waals surface area contributed by atoms with Crippen LogP contribution in [0.3, 0.4) is 0 Å². The molecule has 0 saturated carbocycles. The molecular weight excluding hydrogens is 342 g/mol. The molecule has 27 heavy (non-hydrogen) atoms. The first kappa shape index (κ1) is 21.1. The lowest BCUT2D eigenvalue weighted by Crippen LogP contribution is -2.39. The van der Waals surface area contributed by atoms with Gasteiger partial charge in [0.05, 0.1) is 14.2 Å². The lowest BCUT2D eigenvalue weighted by atomic mass is 10.1. The maximum absolute atomic E-state index is 10.5. The molecule has 2 aromatic carbocycles. The number of benzene rings is 2. The van der Waals surface area contributed by atoms with Gasteiger partial charge >= 0.3 is 0 Å². The molecule has 0 spiro atoms. The van der Waals surface area contributed by atoms with Crippen molar-refractivity contribution >= 4 is 0 Å². The molecule has 0 aromatic heterocycles. The second-order valence-electron chi connectivity index (χ2n) is 6.94. The maximum atomic E-state index is 10.5. The lowest BCUT2D eigenvalue weighted by Gasteiger charge is -2.29. The number of rotatable bonds is 10. The minimum Gasteiger partial charge on any atom is -0.493 e. The van der Waals surface area contributed by atoms with E-state index in [1.54, 1.807) is 14.2 Å². The van der Waals surface area contributed by atoms with Crippen molar-refractivity contribution in [2.24, 2.45) is 0 Å². The molecule has 0 fully saturated rings. The number of para-hydroxylation sites is 1. The van der Waals surface area contributed by atoms with Crippen LogP contribution in [0.5, 0.6) is 17.2 Å². The Bertz CT molecular complexity index is 717. The first-order valence-electron chi connectivity index (χ1n) is 9.26. The number of nitrogens with zero attached hydrogens (tertiary/aromatic N) is 1. The van der Waals surface area contributed by atoms with Crippen LogP contribution in [0.2, 0.25) is 0 Å². The van der Waals surface area contributed by atoms with E-state index in [0.29, 0.717) is 24.6 Å². The van der Waals surface area contributed by atoms with Gasteiger partial charge in [0.1, 0.15) is 18.5 Å². The number of ether oxygens (including phenoxy) is 3. The number of hydrogen-bond acceptors (Lipinski definition) is 5. The topological polar surface area (TPSA) is 51.2 Å². The van der Waals surface area contributed by atoms with Gasteiger partial charge in [0, 0.05) is 19.1 Å². The molecule has 0 amide bonds. The number of methoxy groups -OCH3 is 2. The SMILES string of the molecule is COc1ccc(CN(C[C@@H](O)COc2ccccc2C)C(C)C)cc1OC. The van der Waals surface area contributed by atoms with Gasteiger partial charge in [-0.25, -0.2) is 0 Å². The summed E-state index contributed by atoms with van der Waals surface area (Å²) in [5.41, 5.74) is 2.17. The summed E-state index contributed by atoms with van der Waals surface area (Å²) in [6, 6.07) is 14.0. The monoisotopic (exact) mass is 373 g/mol. The quantitative estimate of drug-likeness (QED) is 0.689. The normalized spacial score (nSPS) is 12.3. The number of hydrogen-bond donors (Lipinski definition) is 1. The molecule has 0 radical (unpaired) electrons. The summed E-state index contributed by atoms with van der Waals surface area (Å²) >= 11 is 0. The summed E-state index contributed by atoms with van der Waals surface area (Å²) in [7, 11) is 3.26. The van der Waals surface area contributed by atoms with Crippen LogP contribution in [-0.4, -0.2) is 49.5 Å². The van der Waals surface area contributed by atoms with Crippen molar-refractivity contribution in [3.8, 4) is 17.2 Å². The fourth-order valence-corrected chi connectivity index (χ4v) is 2.90. The molecule has 0 unspecified atom stereocenters. The zero-order valence-corrected chi connectivity index (χ0v) is 16.9. The molecule has 0 aliphatic carbocycles. The molecular formula is C22H31NO4. The summed E-state index contributed by atoms with van der Waals surface area (Å²) in [5.74, 6) is 2.23. The van der Waals surface area contributed by atoms with Crippen LogP contribution < -0.4 is 14.2 Å². The van der Waals surface area contributed by atoms with E-state index in [2.05, 4.69) is 18.7 Å². The molecule has 1 N–H and O–H groups in total. The van der Waals surface area contributed by atoms with Crippen LogP contribution in [0.4, 0.5) is 0 Å². The minimum atomic E-state index is -0.577. The van der Waals surface area contributed by atoms with Crippen LogP contribution in [0.25, 0.3) is 0 Å². The van der Waals surface area contributed by atoms with Gasteiger partial charge in [-0.1, -0.05) is 24.3 Å². The second-order valence-corrected chi connectivity index (χ2v) is 6.94. The molecule has 0 heterocycles. The first-order valence-corrected chi connectivity index (χ1v) is 9.26. The molecule has 0 bridgehead atoms. The third kappa shape index (κ3) is 6.15. The van der Waals surface area contributed by atoms with Crippen molar-refractivity contribution in [1.82, 2.24) is 4.90 Å². The predicted octanol–water partition coefficient (Wildman–Crippen LogP) is 3.66. The van der Waals surface area contributed by atoms with Crippen molar-refractivity contribution in [3.63, 3.8) is 0 Å². The highest BCUT2D eigenvalue weighted by atomic mass is 16.5. The Morgan fingerprint density at radius 2 is 1.67 bits per heavy atom. The van der Waals surface area contributed by atoms with E-state index < -0.39 is 6.10 Å². The highest BCUT2D eigenvalue weighted by Crippen LogP contribution is 2.28. The van der Waals surface area contributed by atoms with Crippen LogP contribution in [0.1, 0.15) is 25.0 Å². The number of aryl methyl sites for hydroxylation is 1. The van der Waals surface area contributed by atoms with Gasteiger partial charge in [0.2, 0.25) is 0 Å². The zero-order valence-electron chi connectivity index (χ0n) is 16.9. The molecule has 148 valence electrons. The van der Waals surface area contributed by atoms with Gasteiger partial charge in [-0.3, -0.25) is 4.90 Å². The third-order valence-electron chi connectivity index (χ3n) is 4.53. The average Bonchev–Trinajstić information content (AvgIpc) is 2.66. The summed E-state index contributed by atoms with van der Waals surface area (Å²) in [6.45, 7) is 7.74.